The molecule has 0 aliphatic rings. The predicted octanol–water partition coefficient (Wildman–Crippen LogP) is 1.85. The lowest BCUT2D eigenvalue weighted by molar-refractivity contribution is -0.121. The second-order valence-electron chi connectivity index (χ2n) is 5.53. The Kier molecular flexibility index (Phi) is 5.58. The van der Waals surface area contributed by atoms with E-state index in [1.165, 1.54) is 12.1 Å². The molecular formula is C17H20N2O4S. The summed E-state index contributed by atoms with van der Waals surface area (Å²) in [5.41, 5.74) is 1.50. The molecule has 4 N–H and O–H groups in total. The van der Waals surface area contributed by atoms with Crippen molar-refractivity contribution in [2.24, 2.45) is 5.14 Å². The minimum absolute atomic E-state index is 0.0318. The fourth-order valence-electron chi connectivity index (χ4n) is 2.31. The van der Waals surface area contributed by atoms with Gasteiger partial charge in [-0.1, -0.05) is 30.3 Å². The molecule has 0 aliphatic carbocycles. The highest BCUT2D eigenvalue weighted by atomic mass is 32.2. The van der Waals surface area contributed by atoms with Gasteiger partial charge >= 0.3 is 0 Å². The molecule has 0 saturated heterocycles. The first-order valence-corrected chi connectivity index (χ1v) is 9.01. The number of benzene rings is 2. The molecule has 0 aliphatic heterocycles. The number of hydrogen-bond donors (Lipinski definition) is 3. The number of nitrogens with two attached hydrogens (primary N) is 1. The number of nitrogens with one attached hydrogen (secondary N) is 1. The molecular weight excluding hydrogens is 328 g/mol. The van der Waals surface area contributed by atoms with Crippen LogP contribution in [0.25, 0.3) is 0 Å². The van der Waals surface area contributed by atoms with Crippen molar-refractivity contribution in [1.29, 1.82) is 0 Å². The lowest BCUT2D eigenvalue weighted by Gasteiger charge is -2.15. The number of aromatic hydroxyl groups is 1. The number of phenols is 1. The van der Waals surface area contributed by atoms with E-state index in [1.54, 1.807) is 30.3 Å². The summed E-state index contributed by atoms with van der Waals surface area (Å²) in [4.78, 5) is 12.1. The van der Waals surface area contributed by atoms with Crippen LogP contribution in [0.5, 0.6) is 5.75 Å². The topological polar surface area (TPSA) is 109 Å². The lowest BCUT2D eigenvalue weighted by Crippen LogP contribution is -2.26. The number of sulfonamides is 1. The molecule has 6 nitrogen and oxygen atoms in total. The Morgan fingerprint density at radius 1 is 1.17 bits per heavy atom. The minimum atomic E-state index is -3.72. The van der Waals surface area contributed by atoms with Gasteiger partial charge in [-0.3, -0.25) is 4.79 Å². The van der Waals surface area contributed by atoms with Crippen LogP contribution in [-0.2, 0) is 21.2 Å². The lowest BCUT2D eigenvalue weighted by atomic mass is 10.1. The molecule has 0 saturated carbocycles. The molecule has 0 spiro atoms. The zero-order valence-electron chi connectivity index (χ0n) is 13.3. The Balaban J connectivity index is 1.93. The smallest absolute Gasteiger partial charge is 0.238 e. The largest absolute Gasteiger partial charge is 0.508 e. The van der Waals surface area contributed by atoms with E-state index >= 15 is 0 Å². The van der Waals surface area contributed by atoms with Gasteiger partial charge < -0.3 is 10.4 Å². The van der Waals surface area contributed by atoms with Crippen molar-refractivity contribution in [3.8, 4) is 5.75 Å². The van der Waals surface area contributed by atoms with Crippen LogP contribution < -0.4 is 10.5 Å². The maximum absolute atomic E-state index is 12.0. The standard InChI is InChI=1S/C17H20N2O4S/c1-12(13-6-9-15(10-7-13)24(18,22)23)19-17(21)11-8-14-4-2-3-5-16(14)20/h2-7,9-10,12,20H,8,11H2,1H3,(H,19,21)(H2,18,22,23). The number of para-hydroxylation sites is 1. The number of carbonyl (C=O) groups excluding carboxylic acids is 1. The molecule has 1 unspecified atom stereocenters. The molecule has 2 aromatic carbocycles. The van der Waals surface area contributed by atoms with E-state index in [0.717, 1.165) is 11.1 Å². The Bertz CT molecular complexity index is 817. The van der Waals surface area contributed by atoms with Gasteiger partial charge in [-0.25, -0.2) is 13.6 Å². The summed E-state index contributed by atoms with van der Waals surface area (Å²) >= 11 is 0. The number of aryl methyl sites for hydroxylation is 1. The number of rotatable bonds is 6. The highest BCUT2D eigenvalue weighted by molar-refractivity contribution is 7.89. The molecule has 0 fully saturated rings. The van der Waals surface area contributed by atoms with Gasteiger partial charge in [0.15, 0.2) is 0 Å². The normalized spacial score (nSPS) is 12.6. The van der Waals surface area contributed by atoms with Crippen LogP contribution in [0.4, 0.5) is 0 Å². The summed E-state index contributed by atoms with van der Waals surface area (Å²) in [6.45, 7) is 1.81. The molecule has 1 atom stereocenters. The van der Waals surface area contributed by atoms with Crippen LogP contribution in [0.1, 0.15) is 30.5 Å². The number of hydrogen-bond acceptors (Lipinski definition) is 4. The fourth-order valence-corrected chi connectivity index (χ4v) is 2.83. The van der Waals surface area contributed by atoms with E-state index < -0.39 is 10.0 Å². The maximum atomic E-state index is 12.0. The quantitative estimate of drug-likeness (QED) is 0.740. The van der Waals surface area contributed by atoms with Crippen molar-refractivity contribution in [1.82, 2.24) is 5.32 Å². The molecule has 0 bridgehead atoms. The van der Waals surface area contributed by atoms with Crippen molar-refractivity contribution < 1.29 is 18.3 Å². The summed E-state index contributed by atoms with van der Waals surface area (Å²) in [6, 6.07) is 12.7. The summed E-state index contributed by atoms with van der Waals surface area (Å²) in [6.07, 6.45) is 0.687. The molecule has 2 aromatic rings. The first-order valence-electron chi connectivity index (χ1n) is 7.46. The van der Waals surface area contributed by atoms with Crippen molar-refractivity contribution in [2.75, 3.05) is 0 Å². The Hall–Kier alpha value is -2.38. The van der Waals surface area contributed by atoms with Gasteiger partial charge in [0.05, 0.1) is 10.9 Å². The van der Waals surface area contributed by atoms with Gasteiger partial charge in [0, 0.05) is 6.42 Å². The van der Waals surface area contributed by atoms with Crippen molar-refractivity contribution in [2.45, 2.75) is 30.7 Å². The zero-order chi connectivity index (χ0) is 17.7. The second-order valence-corrected chi connectivity index (χ2v) is 7.09. The van der Waals surface area contributed by atoms with Gasteiger partial charge in [0.1, 0.15) is 5.75 Å². The average Bonchev–Trinajstić information content (AvgIpc) is 2.53. The fraction of sp³-hybridized carbons (Fsp3) is 0.235. The van der Waals surface area contributed by atoms with Crippen LogP contribution in [0.15, 0.2) is 53.4 Å². The SMILES string of the molecule is CC(NC(=O)CCc1ccccc1O)c1ccc(S(N)(=O)=O)cc1. The molecule has 0 heterocycles. The number of phenolic OH excluding ortho intramolecular Hbond substituents is 1. The summed E-state index contributed by atoms with van der Waals surface area (Å²) in [5.74, 6) is 0.0261. The minimum Gasteiger partial charge on any atom is -0.508 e. The van der Waals surface area contributed by atoms with Gasteiger partial charge in [0.2, 0.25) is 15.9 Å². The summed E-state index contributed by atoms with van der Waals surface area (Å²) in [5, 5.41) is 17.6. The third kappa shape index (κ3) is 4.81. The monoisotopic (exact) mass is 348 g/mol. The zero-order valence-corrected chi connectivity index (χ0v) is 14.1. The van der Waals surface area contributed by atoms with E-state index in [4.69, 9.17) is 5.14 Å². The van der Waals surface area contributed by atoms with Crippen LogP contribution in [0.2, 0.25) is 0 Å². The summed E-state index contributed by atoms with van der Waals surface area (Å²) in [7, 11) is -3.72. The Morgan fingerprint density at radius 3 is 2.38 bits per heavy atom. The second kappa shape index (κ2) is 7.46. The first-order chi connectivity index (χ1) is 11.3. The number of amides is 1. The Morgan fingerprint density at radius 2 is 1.79 bits per heavy atom. The van der Waals surface area contributed by atoms with Crippen LogP contribution >= 0.6 is 0 Å². The molecule has 2 rings (SSSR count). The van der Waals surface area contributed by atoms with E-state index in [9.17, 15) is 18.3 Å². The predicted molar refractivity (Wildman–Crippen MR) is 90.8 cm³/mol. The summed E-state index contributed by atoms with van der Waals surface area (Å²) < 4.78 is 22.5. The van der Waals surface area contributed by atoms with Gasteiger partial charge in [-0.15, -0.1) is 0 Å². The average molecular weight is 348 g/mol. The molecule has 0 aromatic heterocycles. The molecule has 128 valence electrons. The molecule has 0 radical (unpaired) electrons. The van der Waals surface area contributed by atoms with E-state index in [-0.39, 0.29) is 29.0 Å². The Labute approximate surface area is 141 Å². The first kappa shape index (κ1) is 18.0. The highest BCUT2D eigenvalue weighted by Gasteiger charge is 2.12. The molecule has 1 amide bonds. The van der Waals surface area contributed by atoms with Crippen LogP contribution in [0, 0.1) is 0 Å². The highest BCUT2D eigenvalue weighted by Crippen LogP contribution is 2.18. The van der Waals surface area contributed by atoms with E-state index in [0.29, 0.717) is 6.42 Å². The van der Waals surface area contributed by atoms with Gasteiger partial charge in [0.25, 0.3) is 0 Å². The van der Waals surface area contributed by atoms with Crippen LogP contribution in [0.3, 0.4) is 0 Å². The number of primary sulfonamides is 1. The maximum Gasteiger partial charge on any atom is 0.238 e. The third-order valence-electron chi connectivity index (χ3n) is 3.70. The van der Waals surface area contributed by atoms with Crippen molar-refractivity contribution >= 4 is 15.9 Å². The number of carbonyl (C=O) groups is 1. The van der Waals surface area contributed by atoms with Gasteiger partial charge in [-0.05, 0) is 42.7 Å². The van der Waals surface area contributed by atoms with Crippen molar-refractivity contribution in [3.63, 3.8) is 0 Å². The molecule has 7 heteroatoms. The molecule has 24 heavy (non-hydrogen) atoms. The van der Waals surface area contributed by atoms with Crippen LogP contribution in [-0.4, -0.2) is 19.4 Å². The van der Waals surface area contributed by atoms with Crippen molar-refractivity contribution in [3.05, 3.63) is 59.7 Å². The van der Waals surface area contributed by atoms with Gasteiger partial charge in [-0.2, -0.15) is 0 Å². The van der Waals surface area contributed by atoms with E-state index in [1.807, 2.05) is 13.0 Å². The van der Waals surface area contributed by atoms with E-state index in [2.05, 4.69) is 5.32 Å². The third-order valence-corrected chi connectivity index (χ3v) is 4.63.